The number of hydrogen-bond acceptors (Lipinski definition) is 12. The Morgan fingerprint density at radius 1 is 0.442 bits per heavy atom. The van der Waals surface area contributed by atoms with Crippen molar-refractivity contribution < 1.29 is 57.2 Å². The number of methoxy groups -OCH3 is 2. The second kappa shape index (κ2) is 24.4. The fourth-order valence-corrected chi connectivity index (χ4v) is 3.49. The smallest absolute Gasteiger partial charge is 0.164 e. The molecule has 0 aliphatic rings. The number of benzene rings is 2. The molecule has 0 radical (unpaired) electrons. The first-order valence-corrected chi connectivity index (χ1v) is 14.6. The summed E-state index contributed by atoms with van der Waals surface area (Å²) in [5.74, 6) is 3.57. The van der Waals surface area contributed by atoms with Crippen molar-refractivity contribution in [1.82, 2.24) is 0 Å². The van der Waals surface area contributed by atoms with Crippen LogP contribution < -0.4 is 28.4 Å². The third-order valence-electron chi connectivity index (χ3n) is 5.57. The molecule has 1 N–H and O–H groups in total. The fourth-order valence-electron chi connectivity index (χ4n) is 3.49. The molecule has 0 amide bonds. The van der Waals surface area contributed by atoms with E-state index in [2.05, 4.69) is 6.92 Å². The first kappa shape index (κ1) is 36.2. The molecular weight excluding hydrogens is 564 g/mol. The maximum atomic E-state index is 8.98. The van der Waals surface area contributed by atoms with Gasteiger partial charge in [-0.3, -0.25) is 0 Å². The normalized spacial score (nSPS) is 10.9. The van der Waals surface area contributed by atoms with E-state index in [9.17, 15) is 0 Å². The Labute approximate surface area is 254 Å². The Balaban J connectivity index is 1.51. The van der Waals surface area contributed by atoms with Crippen LogP contribution >= 0.6 is 0 Å². The van der Waals surface area contributed by atoms with Crippen molar-refractivity contribution in [3.8, 4) is 34.5 Å². The average Bonchev–Trinajstić information content (AvgIpc) is 3.04. The Bertz CT molecular complexity index is 958. The van der Waals surface area contributed by atoms with Crippen molar-refractivity contribution in [2.45, 2.75) is 13.3 Å². The van der Waals surface area contributed by atoms with Crippen molar-refractivity contribution >= 4 is 0 Å². The Hall–Kier alpha value is -3.00. The van der Waals surface area contributed by atoms with E-state index >= 15 is 0 Å². The van der Waals surface area contributed by atoms with Gasteiger partial charge in [0, 0.05) is 18.7 Å². The summed E-state index contributed by atoms with van der Waals surface area (Å²) in [4.78, 5) is 0. The molecule has 0 bridgehead atoms. The topological polar surface area (TPSA) is 122 Å². The predicted octanol–water partition coefficient (Wildman–Crippen LogP) is 3.40. The van der Waals surface area contributed by atoms with Gasteiger partial charge in [-0.05, 0) is 30.7 Å². The maximum Gasteiger partial charge on any atom is 0.164 e. The van der Waals surface area contributed by atoms with E-state index in [1.807, 2.05) is 12.1 Å². The molecule has 0 fully saturated rings. The van der Waals surface area contributed by atoms with Crippen molar-refractivity contribution in [3.05, 3.63) is 36.4 Å². The van der Waals surface area contributed by atoms with E-state index in [4.69, 9.17) is 57.2 Å². The molecule has 0 aromatic heterocycles. The molecule has 0 aliphatic carbocycles. The summed E-state index contributed by atoms with van der Waals surface area (Å²) < 4.78 is 61.1. The lowest BCUT2D eigenvalue weighted by atomic mass is 10.3. The van der Waals surface area contributed by atoms with E-state index < -0.39 is 0 Å². The molecule has 43 heavy (non-hydrogen) atoms. The summed E-state index contributed by atoms with van der Waals surface area (Å²) in [5, 5.41) is 8.98. The van der Waals surface area contributed by atoms with Gasteiger partial charge in [0.25, 0.3) is 0 Å². The monoisotopic (exact) mass is 612 g/mol. The highest BCUT2D eigenvalue weighted by atomic mass is 16.6. The lowest BCUT2D eigenvalue weighted by molar-refractivity contribution is 0.00463. The zero-order valence-corrected chi connectivity index (χ0v) is 25.7. The van der Waals surface area contributed by atoms with E-state index in [0.717, 1.165) is 13.0 Å². The van der Waals surface area contributed by atoms with Crippen LogP contribution in [0.3, 0.4) is 0 Å². The zero-order chi connectivity index (χ0) is 30.8. The Morgan fingerprint density at radius 3 is 1.16 bits per heavy atom. The largest absolute Gasteiger partial charge is 0.497 e. The Kier molecular flexibility index (Phi) is 20.6. The molecule has 0 saturated heterocycles. The molecule has 0 aliphatic heterocycles. The molecule has 0 heterocycles. The highest BCUT2D eigenvalue weighted by molar-refractivity contribution is 5.46. The number of aliphatic hydroxyl groups is 1. The average molecular weight is 613 g/mol. The van der Waals surface area contributed by atoms with Gasteiger partial charge >= 0.3 is 0 Å². The van der Waals surface area contributed by atoms with Gasteiger partial charge in [0.2, 0.25) is 0 Å². The highest BCUT2D eigenvalue weighted by Crippen LogP contribution is 2.32. The SMILES string of the molecule is CCCOCCOCCOc1cc(OC)ccc1OCCOCCOCCOCCOc1cc(OC)ccc1OCCO. The number of aliphatic hydroxyl groups excluding tert-OH is 1. The van der Waals surface area contributed by atoms with Gasteiger partial charge < -0.3 is 57.2 Å². The molecule has 0 spiro atoms. The second-order valence-corrected chi connectivity index (χ2v) is 8.80. The van der Waals surface area contributed by atoms with E-state index in [1.54, 1.807) is 38.5 Å². The third-order valence-corrected chi connectivity index (χ3v) is 5.57. The van der Waals surface area contributed by atoms with Crippen LogP contribution in [0.5, 0.6) is 34.5 Å². The van der Waals surface area contributed by atoms with Crippen LogP contribution in [0.1, 0.15) is 13.3 Å². The van der Waals surface area contributed by atoms with E-state index in [0.29, 0.717) is 114 Å². The predicted molar refractivity (Wildman–Crippen MR) is 159 cm³/mol. The molecule has 2 aromatic carbocycles. The van der Waals surface area contributed by atoms with Gasteiger partial charge in [0.05, 0.1) is 80.3 Å². The molecule has 2 aromatic rings. The summed E-state index contributed by atoms with van der Waals surface area (Å²) in [7, 11) is 3.18. The van der Waals surface area contributed by atoms with Crippen LogP contribution in [0.25, 0.3) is 0 Å². The van der Waals surface area contributed by atoms with Crippen LogP contribution in [0.4, 0.5) is 0 Å². The molecule has 244 valence electrons. The summed E-state index contributed by atoms with van der Waals surface area (Å²) in [6.45, 7) is 8.05. The summed E-state index contributed by atoms with van der Waals surface area (Å²) in [5.41, 5.74) is 0. The molecule has 2 rings (SSSR count). The molecule has 0 saturated carbocycles. The number of rotatable bonds is 28. The maximum absolute atomic E-state index is 8.98. The molecular formula is C31H48O12. The molecule has 12 heteroatoms. The lowest BCUT2D eigenvalue weighted by Gasteiger charge is -2.14. The van der Waals surface area contributed by atoms with Crippen LogP contribution in [0.2, 0.25) is 0 Å². The summed E-state index contributed by atoms with van der Waals surface area (Å²) in [6.07, 6.45) is 0.993. The minimum atomic E-state index is -0.0828. The quantitative estimate of drug-likeness (QED) is 0.142. The van der Waals surface area contributed by atoms with Gasteiger partial charge in [-0.15, -0.1) is 0 Å². The standard InChI is InChI=1S/C31H48O12/c1-4-10-35-12-13-37-19-23-43-31-25-27(34-3)6-8-29(31)41-21-18-38-16-14-36-15-17-39-20-22-42-30-24-26(33-2)5-7-28(30)40-11-9-32/h5-8,24-25,32H,4,9-23H2,1-3H3. The van der Waals surface area contributed by atoms with Gasteiger partial charge in [0.1, 0.15) is 37.9 Å². The van der Waals surface area contributed by atoms with Crippen molar-refractivity contribution in [2.75, 3.05) is 113 Å². The van der Waals surface area contributed by atoms with Gasteiger partial charge in [-0.25, -0.2) is 0 Å². The molecule has 12 nitrogen and oxygen atoms in total. The Morgan fingerprint density at radius 2 is 0.791 bits per heavy atom. The minimum absolute atomic E-state index is 0.0828. The van der Waals surface area contributed by atoms with E-state index in [1.165, 1.54) is 0 Å². The first-order chi connectivity index (χ1) is 21.2. The summed E-state index contributed by atoms with van der Waals surface area (Å²) in [6, 6.07) is 10.6. The highest BCUT2D eigenvalue weighted by Gasteiger charge is 2.09. The molecule has 0 atom stereocenters. The van der Waals surface area contributed by atoms with Crippen molar-refractivity contribution in [1.29, 1.82) is 0 Å². The lowest BCUT2D eigenvalue weighted by Crippen LogP contribution is -2.15. The fraction of sp³-hybridized carbons (Fsp3) is 0.613. The van der Waals surface area contributed by atoms with E-state index in [-0.39, 0.29) is 13.2 Å². The van der Waals surface area contributed by atoms with Gasteiger partial charge in [-0.1, -0.05) is 6.92 Å². The second-order valence-electron chi connectivity index (χ2n) is 8.80. The third kappa shape index (κ3) is 16.4. The van der Waals surface area contributed by atoms with Gasteiger partial charge in [0.15, 0.2) is 23.0 Å². The number of ether oxygens (including phenoxy) is 11. The van der Waals surface area contributed by atoms with Crippen molar-refractivity contribution in [3.63, 3.8) is 0 Å². The van der Waals surface area contributed by atoms with Gasteiger partial charge in [-0.2, -0.15) is 0 Å². The zero-order valence-electron chi connectivity index (χ0n) is 25.7. The first-order valence-electron chi connectivity index (χ1n) is 14.6. The summed E-state index contributed by atoms with van der Waals surface area (Å²) >= 11 is 0. The van der Waals surface area contributed by atoms with Crippen LogP contribution in [0.15, 0.2) is 36.4 Å². The van der Waals surface area contributed by atoms with Crippen LogP contribution in [-0.4, -0.2) is 118 Å². The number of hydrogen-bond donors (Lipinski definition) is 1. The molecule has 0 unspecified atom stereocenters. The minimum Gasteiger partial charge on any atom is -0.497 e. The van der Waals surface area contributed by atoms with Crippen LogP contribution in [0, 0.1) is 0 Å². The van der Waals surface area contributed by atoms with Crippen LogP contribution in [-0.2, 0) is 23.7 Å². The van der Waals surface area contributed by atoms with Crippen molar-refractivity contribution in [2.24, 2.45) is 0 Å².